The molecule has 32 heavy (non-hydrogen) atoms. The van der Waals surface area contributed by atoms with Crippen LogP contribution in [0.3, 0.4) is 0 Å². The highest BCUT2D eigenvalue weighted by Crippen LogP contribution is 2.29. The molecule has 0 saturated carbocycles. The number of nitrogens with one attached hydrogen (secondary N) is 1. The fourth-order valence-electron chi connectivity index (χ4n) is 4.41. The molecule has 2 saturated heterocycles. The minimum Gasteiger partial charge on any atom is -0.321 e. The third-order valence-electron chi connectivity index (χ3n) is 5.98. The molecule has 4 amide bonds. The molecule has 0 bridgehead atoms. The second-order valence-corrected chi connectivity index (χ2v) is 8.04. The maximum absolute atomic E-state index is 13.0. The Balaban J connectivity index is 1.38. The summed E-state index contributed by atoms with van der Waals surface area (Å²) < 4.78 is 1.14. The van der Waals surface area contributed by atoms with Crippen LogP contribution in [0.5, 0.6) is 0 Å². The first-order valence-corrected chi connectivity index (χ1v) is 10.4. The zero-order chi connectivity index (χ0) is 22.4. The fourth-order valence-corrected chi connectivity index (χ4v) is 4.41. The van der Waals surface area contributed by atoms with Gasteiger partial charge in [0.05, 0.1) is 11.9 Å². The highest BCUT2D eigenvalue weighted by molar-refractivity contribution is 6.11. The average molecular weight is 431 g/mol. The van der Waals surface area contributed by atoms with Crippen molar-refractivity contribution in [3.05, 3.63) is 70.1 Å². The third kappa shape index (κ3) is 3.22. The molecule has 0 aliphatic carbocycles. The Labute approximate surface area is 183 Å². The van der Waals surface area contributed by atoms with E-state index in [0.717, 1.165) is 16.7 Å². The van der Waals surface area contributed by atoms with Crippen LogP contribution >= 0.6 is 0 Å². The van der Waals surface area contributed by atoms with Crippen molar-refractivity contribution in [1.29, 1.82) is 0 Å². The monoisotopic (exact) mass is 431 g/mol. The van der Waals surface area contributed by atoms with Gasteiger partial charge in [0.15, 0.2) is 5.69 Å². The maximum atomic E-state index is 13.0. The predicted octanol–water partition coefficient (Wildman–Crippen LogP) is 2.11. The number of nitrogens with zero attached hydrogens (tertiary/aromatic N) is 4. The van der Waals surface area contributed by atoms with E-state index in [9.17, 15) is 19.2 Å². The largest absolute Gasteiger partial charge is 0.327 e. The Morgan fingerprint density at radius 2 is 1.88 bits per heavy atom. The lowest BCUT2D eigenvalue weighted by molar-refractivity contribution is -0.128. The van der Waals surface area contributed by atoms with E-state index in [0.29, 0.717) is 29.4 Å². The number of urea groups is 1. The lowest BCUT2D eigenvalue weighted by Gasteiger charge is -2.16. The molecular weight excluding hydrogens is 410 g/mol. The Morgan fingerprint density at radius 1 is 1.09 bits per heavy atom. The predicted molar refractivity (Wildman–Crippen MR) is 117 cm³/mol. The van der Waals surface area contributed by atoms with E-state index in [1.165, 1.54) is 11.9 Å². The minimum absolute atomic E-state index is 0.138. The molecule has 1 N–H and O–H groups in total. The van der Waals surface area contributed by atoms with Crippen LogP contribution < -0.4 is 10.9 Å². The van der Waals surface area contributed by atoms with Gasteiger partial charge in [-0.2, -0.15) is 5.10 Å². The first-order chi connectivity index (χ1) is 15.4. The van der Waals surface area contributed by atoms with Crippen molar-refractivity contribution in [3.8, 4) is 0 Å². The smallest absolute Gasteiger partial charge is 0.321 e. The molecule has 2 fully saturated rings. The standard InChI is InChI=1S/C23H21N5O4/c1-26-21(30)17-9-3-2-8-16(17)19(25-26)20(29)24-15-7-4-6-14(12-15)13-28-22(31)18-10-5-11-27(18)23(28)32/h2-4,6-9,12,18H,5,10-11,13H2,1H3,(H,24,29). The van der Waals surface area contributed by atoms with Gasteiger partial charge in [-0.25, -0.2) is 9.48 Å². The van der Waals surface area contributed by atoms with Gasteiger partial charge in [-0.1, -0.05) is 30.3 Å². The molecule has 5 rings (SSSR count). The number of imide groups is 1. The van der Waals surface area contributed by atoms with Crippen LogP contribution in [0, 0.1) is 0 Å². The van der Waals surface area contributed by atoms with E-state index < -0.39 is 5.91 Å². The lowest BCUT2D eigenvalue weighted by atomic mass is 10.1. The number of amides is 4. The van der Waals surface area contributed by atoms with Crippen molar-refractivity contribution in [2.45, 2.75) is 25.4 Å². The van der Waals surface area contributed by atoms with Gasteiger partial charge in [-0.15, -0.1) is 0 Å². The van der Waals surface area contributed by atoms with Crippen LogP contribution in [-0.4, -0.2) is 50.0 Å². The van der Waals surface area contributed by atoms with Gasteiger partial charge in [0.1, 0.15) is 6.04 Å². The van der Waals surface area contributed by atoms with Crippen molar-refractivity contribution >= 4 is 34.3 Å². The van der Waals surface area contributed by atoms with Crippen molar-refractivity contribution < 1.29 is 14.4 Å². The number of hydrogen-bond donors (Lipinski definition) is 1. The SMILES string of the molecule is Cn1nc(C(=O)Nc2cccc(CN3C(=O)C4CCCN4C3=O)c2)c2ccccc2c1=O. The molecule has 1 unspecified atom stereocenters. The number of anilines is 1. The van der Waals surface area contributed by atoms with E-state index in [2.05, 4.69) is 10.4 Å². The first kappa shape index (κ1) is 19.9. The summed E-state index contributed by atoms with van der Waals surface area (Å²) in [6.07, 6.45) is 1.56. The molecule has 1 atom stereocenters. The van der Waals surface area contributed by atoms with Gasteiger partial charge < -0.3 is 10.2 Å². The van der Waals surface area contributed by atoms with E-state index >= 15 is 0 Å². The van der Waals surface area contributed by atoms with Crippen LogP contribution in [0.1, 0.15) is 28.9 Å². The number of carbonyl (C=O) groups excluding carboxylic acids is 3. The highest BCUT2D eigenvalue weighted by Gasteiger charge is 2.47. The summed E-state index contributed by atoms with van der Waals surface area (Å²) in [5, 5.41) is 7.84. The maximum Gasteiger partial charge on any atom is 0.327 e. The molecule has 0 spiro atoms. The number of benzene rings is 2. The molecule has 2 aliphatic heterocycles. The number of aromatic nitrogens is 2. The van der Waals surface area contributed by atoms with Crippen LogP contribution in [0.4, 0.5) is 10.5 Å². The number of hydrogen-bond acceptors (Lipinski definition) is 5. The summed E-state index contributed by atoms with van der Waals surface area (Å²) in [5.41, 5.74) is 1.09. The molecule has 9 nitrogen and oxygen atoms in total. The van der Waals surface area contributed by atoms with Crippen molar-refractivity contribution in [2.75, 3.05) is 11.9 Å². The summed E-state index contributed by atoms with van der Waals surface area (Å²) in [4.78, 5) is 53.3. The Kier molecular flexibility index (Phi) is 4.73. The van der Waals surface area contributed by atoms with Gasteiger partial charge in [-0.3, -0.25) is 19.3 Å². The molecule has 162 valence electrons. The Bertz CT molecular complexity index is 1310. The summed E-state index contributed by atoms with van der Waals surface area (Å²) in [7, 11) is 1.50. The van der Waals surface area contributed by atoms with Crippen molar-refractivity contribution in [1.82, 2.24) is 19.6 Å². The number of carbonyl (C=O) groups is 3. The van der Waals surface area contributed by atoms with Crippen LogP contribution in [-0.2, 0) is 18.4 Å². The summed E-state index contributed by atoms with van der Waals surface area (Å²) >= 11 is 0. The third-order valence-corrected chi connectivity index (χ3v) is 5.98. The number of fused-ring (bicyclic) bond motifs is 2. The van der Waals surface area contributed by atoms with Crippen molar-refractivity contribution in [2.24, 2.45) is 7.05 Å². The van der Waals surface area contributed by atoms with Crippen LogP contribution in [0.25, 0.3) is 10.8 Å². The van der Waals surface area contributed by atoms with E-state index in [4.69, 9.17) is 0 Å². The molecule has 3 heterocycles. The summed E-state index contributed by atoms with van der Waals surface area (Å²) in [6.45, 7) is 0.762. The topological polar surface area (TPSA) is 105 Å². The van der Waals surface area contributed by atoms with Gasteiger partial charge in [0, 0.05) is 24.7 Å². The quantitative estimate of drug-likeness (QED) is 0.637. The van der Waals surface area contributed by atoms with Gasteiger partial charge in [-0.05, 0) is 36.6 Å². The second kappa shape index (κ2) is 7.60. The summed E-state index contributed by atoms with van der Waals surface area (Å²) in [5.74, 6) is -0.620. The molecule has 1 aromatic heterocycles. The average Bonchev–Trinajstić information content (AvgIpc) is 3.36. The zero-order valence-electron chi connectivity index (χ0n) is 17.4. The van der Waals surface area contributed by atoms with Crippen molar-refractivity contribution in [3.63, 3.8) is 0 Å². The van der Waals surface area contributed by atoms with Gasteiger partial charge in [0.25, 0.3) is 17.4 Å². The molecule has 0 radical (unpaired) electrons. The Morgan fingerprint density at radius 3 is 2.66 bits per heavy atom. The summed E-state index contributed by atoms with van der Waals surface area (Å²) in [6, 6.07) is 13.2. The zero-order valence-corrected chi connectivity index (χ0v) is 17.4. The second-order valence-electron chi connectivity index (χ2n) is 8.04. The van der Waals surface area contributed by atoms with Gasteiger partial charge >= 0.3 is 6.03 Å². The lowest BCUT2D eigenvalue weighted by Crippen LogP contribution is -2.32. The molecule has 2 aromatic carbocycles. The van der Waals surface area contributed by atoms with Crippen LogP contribution in [0.2, 0.25) is 0 Å². The molecule has 3 aromatic rings. The van der Waals surface area contributed by atoms with E-state index in [1.807, 2.05) is 0 Å². The van der Waals surface area contributed by atoms with Crippen LogP contribution in [0.15, 0.2) is 53.3 Å². The molecular formula is C23H21N5O4. The molecule has 9 heteroatoms. The van der Waals surface area contributed by atoms with E-state index in [-0.39, 0.29) is 35.8 Å². The number of rotatable bonds is 4. The first-order valence-electron chi connectivity index (χ1n) is 10.4. The van der Waals surface area contributed by atoms with E-state index in [1.54, 1.807) is 53.4 Å². The Hall–Kier alpha value is -4.01. The van der Waals surface area contributed by atoms with Gasteiger partial charge in [0.2, 0.25) is 0 Å². The number of aryl methyl sites for hydroxylation is 1. The highest BCUT2D eigenvalue weighted by atomic mass is 16.2. The fraction of sp³-hybridized carbons (Fsp3) is 0.261. The molecule has 2 aliphatic rings. The minimum atomic E-state index is -0.456. The normalized spacial score (nSPS) is 17.8.